The van der Waals surface area contributed by atoms with Gasteiger partial charge in [0.25, 0.3) is 0 Å². The summed E-state index contributed by atoms with van der Waals surface area (Å²) in [7, 11) is 0. The minimum absolute atomic E-state index is 0.837. The molecule has 0 amide bonds. The molecule has 12 rings (SSSR count). The Morgan fingerprint density at radius 3 is 1.20 bits per heavy atom. The van der Waals surface area contributed by atoms with Gasteiger partial charge in [-0.3, -0.25) is 4.98 Å². The summed E-state index contributed by atoms with van der Waals surface area (Å²) in [5, 5.41) is 20.0. The van der Waals surface area contributed by atoms with E-state index in [2.05, 4.69) is 199 Å². The first-order chi connectivity index (χ1) is 30.1. The number of hydrogen-bond donors (Lipinski definition) is 0. The monoisotopic (exact) mass is 776 g/mol. The van der Waals surface area contributed by atoms with Crippen LogP contribution in [0.4, 0.5) is 0 Å². The number of aromatic nitrogens is 4. The van der Waals surface area contributed by atoms with E-state index in [1.54, 1.807) is 4.80 Å². The first kappa shape index (κ1) is 34.8. The van der Waals surface area contributed by atoms with Gasteiger partial charge in [0.05, 0.1) is 5.69 Å². The van der Waals surface area contributed by atoms with Gasteiger partial charge in [-0.25, -0.2) is 0 Å². The highest BCUT2D eigenvalue weighted by Crippen LogP contribution is 2.37. The van der Waals surface area contributed by atoms with Crippen LogP contribution < -0.4 is 0 Å². The molecule has 0 spiro atoms. The van der Waals surface area contributed by atoms with Crippen molar-refractivity contribution in [3.05, 3.63) is 219 Å². The molecule has 4 nitrogen and oxygen atoms in total. The Balaban J connectivity index is 0.951. The van der Waals surface area contributed by atoms with Gasteiger partial charge in [-0.2, -0.15) is 4.80 Å². The molecular formula is C57H36N4. The molecule has 0 unspecified atom stereocenters. The highest BCUT2D eigenvalue weighted by molar-refractivity contribution is 6.01. The van der Waals surface area contributed by atoms with Crippen LogP contribution in [0, 0.1) is 0 Å². The van der Waals surface area contributed by atoms with Crippen LogP contribution in [0.5, 0.6) is 0 Å². The molecule has 12 aromatic rings. The zero-order valence-electron chi connectivity index (χ0n) is 33.1. The molecule has 61 heavy (non-hydrogen) atoms. The average Bonchev–Trinajstić information content (AvgIpc) is 3.78. The van der Waals surface area contributed by atoms with Gasteiger partial charge in [0, 0.05) is 18.0 Å². The lowest BCUT2D eigenvalue weighted by Crippen LogP contribution is -1.98. The lowest BCUT2D eigenvalue weighted by molar-refractivity contribution is 0.766. The van der Waals surface area contributed by atoms with Crippen molar-refractivity contribution in [3.8, 4) is 61.3 Å². The summed E-state index contributed by atoms with van der Waals surface area (Å²) in [4.78, 5) is 5.94. The van der Waals surface area contributed by atoms with E-state index in [0.29, 0.717) is 0 Å². The van der Waals surface area contributed by atoms with Gasteiger partial charge in [-0.1, -0.05) is 133 Å². The van der Waals surface area contributed by atoms with E-state index in [1.807, 2.05) is 24.5 Å². The number of rotatable bonds is 6. The molecule has 10 aromatic carbocycles. The van der Waals surface area contributed by atoms with E-state index >= 15 is 0 Å². The topological polar surface area (TPSA) is 43.6 Å². The Morgan fingerprint density at radius 1 is 0.279 bits per heavy atom. The van der Waals surface area contributed by atoms with E-state index in [0.717, 1.165) is 50.1 Å². The minimum atomic E-state index is 0.837. The van der Waals surface area contributed by atoms with Gasteiger partial charge in [0.2, 0.25) is 0 Å². The molecular weight excluding hydrogens is 741 g/mol. The summed E-state index contributed by atoms with van der Waals surface area (Å²) >= 11 is 0. The number of pyridine rings is 1. The van der Waals surface area contributed by atoms with E-state index in [9.17, 15) is 0 Å². The van der Waals surface area contributed by atoms with Gasteiger partial charge in [0.1, 0.15) is 11.0 Å². The molecule has 0 aliphatic heterocycles. The third-order valence-corrected chi connectivity index (χ3v) is 12.1. The molecule has 2 heterocycles. The molecule has 4 heteroatoms. The predicted molar refractivity (Wildman–Crippen MR) is 254 cm³/mol. The van der Waals surface area contributed by atoms with Crippen molar-refractivity contribution in [1.82, 2.24) is 20.0 Å². The fraction of sp³-hybridized carbons (Fsp3) is 0. The van der Waals surface area contributed by atoms with Crippen LogP contribution in [-0.4, -0.2) is 20.0 Å². The highest BCUT2D eigenvalue weighted by Gasteiger charge is 2.16. The van der Waals surface area contributed by atoms with E-state index in [-0.39, 0.29) is 0 Å². The molecule has 0 radical (unpaired) electrons. The second kappa shape index (κ2) is 14.3. The zero-order chi connectivity index (χ0) is 40.3. The average molecular weight is 777 g/mol. The van der Waals surface area contributed by atoms with E-state index in [1.165, 1.54) is 65.3 Å². The van der Waals surface area contributed by atoms with Crippen molar-refractivity contribution < 1.29 is 0 Å². The van der Waals surface area contributed by atoms with Crippen LogP contribution in [0.3, 0.4) is 0 Å². The summed E-state index contributed by atoms with van der Waals surface area (Å²) in [5.74, 6) is 0. The summed E-state index contributed by atoms with van der Waals surface area (Å²) < 4.78 is 0. The minimum Gasteiger partial charge on any atom is -0.265 e. The third-order valence-electron chi connectivity index (χ3n) is 12.1. The van der Waals surface area contributed by atoms with Crippen LogP contribution in [-0.2, 0) is 0 Å². The maximum Gasteiger partial charge on any atom is 0.121 e. The first-order valence-electron chi connectivity index (χ1n) is 20.6. The SMILES string of the molecule is c1ccc2cc(-c3ccc4cc(-c5cc(-c6ccc7cc(-c8ccc9ccccc9c8)ccc7c6)c6nn(-c7ccc(-c8ccncc8)cc7)nc6c5)ccc4c3)ccc2c1. The Hall–Kier alpha value is -8.21. The first-order valence-corrected chi connectivity index (χ1v) is 20.6. The quantitative estimate of drug-likeness (QED) is 0.169. The van der Waals surface area contributed by atoms with Crippen molar-refractivity contribution in [3.63, 3.8) is 0 Å². The Kier molecular flexibility index (Phi) is 8.13. The molecule has 0 saturated carbocycles. The van der Waals surface area contributed by atoms with Crippen LogP contribution >= 0.6 is 0 Å². The predicted octanol–water partition coefficient (Wildman–Crippen LogP) is 14.8. The van der Waals surface area contributed by atoms with Crippen molar-refractivity contribution in [2.24, 2.45) is 0 Å². The number of hydrogen-bond acceptors (Lipinski definition) is 3. The smallest absolute Gasteiger partial charge is 0.121 e. The van der Waals surface area contributed by atoms with Crippen LogP contribution in [0.2, 0.25) is 0 Å². The van der Waals surface area contributed by atoms with E-state index < -0.39 is 0 Å². The molecule has 0 aliphatic rings. The third kappa shape index (κ3) is 6.39. The van der Waals surface area contributed by atoms with Crippen LogP contribution in [0.1, 0.15) is 0 Å². The van der Waals surface area contributed by atoms with E-state index in [4.69, 9.17) is 10.2 Å². The molecule has 0 aliphatic carbocycles. The van der Waals surface area contributed by atoms with Crippen molar-refractivity contribution in [2.75, 3.05) is 0 Å². The standard InChI is InChI=1S/C57H36N4/c1-3-7-41-29-43(11-9-37(41)5-1)45-13-14-48-33-51(18-17-47(48)31-45)53-35-55(57-56(36-53)59-61(60-57)54-23-21-39(22-24-54)40-25-27-58-28-26-40)52-20-19-49-32-46(15-16-50(49)34-52)44-12-10-38-6-2-4-8-42(38)30-44/h1-36H. The Morgan fingerprint density at radius 2 is 0.672 bits per heavy atom. The maximum absolute atomic E-state index is 5.16. The number of fused-ring (bicyclic) bond motifs is 5. The zero-order valence-corrected chi connectivity index (χ0v) is 33.1. The van der Waals surface area contributed by atoms with Gasteiger partial charge in [0.15, 0.2) is 0 Å². The second-order valence-corrected chi connectivity index (χ2v) is 15.8. The molecule has 0 saturated heterocycles. The fourth-order valence-corrected chi connectivity index (χ4v) is 8.79. The normalized spacial score (nSPS) is 11.6. The van der Waals surface area contributed by atoms with Gasteiger partial charge >= 0.3 is 0 Å². The van der Waals surface area contributed by atoms with Crippen molar-refractivity contribution in [1.29, 1.82) is 0 Å². The molecule has 0 bridgehead atoms. The lowest BCUT2D eigenvalue weighted by atomic mass is 9.93. The Bertz CT molecular complexity index is 3640. The molecule has 2 aromatic heterocycles. The summed E-state index contributed by atoms with van der Waals surface area (Å²) in [6.45, 7) is 0. The van der Waals surface area contributed by atoms with Gasteiger partial charge < -0.3 is 0 Å². The number of nitrogens with zero attached hydrogens (tertiary/aromatic N) is 4. The molecule has 0 fully saturated rings. The van der Waals surface area contributed by atoms with Crippen LogP contribution in [0.15, 0.2) is 219 Å². The molecule has 0 atom stereocenters. The fourth-order valence-electron chi connectivity index (χ4n) is 8.79. The summed E-state index contributed by atoms with van der Waals surface area (Å²) in [5.41, 5.74) is 14.0. The molecule has 0 N–H and O–H groups in total. The van der Waals surface area contributed by atoms with Crippen molar-refractivity contribution in [2.45, 2.75) is 0 Å². The Labute approximate surface area is 352 Å². The van der Waals surface area contributed by atoms with Crippen LogP contribution in [0.25, 0.3) is 115 Å². The second-order valence-electron chi connectivity index (χ2n) is 15.8. The highest BCUT2D eigenvalue weighted by atomic mass is 15.5. The summed E-state index contributed by atoms with van der Waals surface area (Å²) in [6.07, 6.45) is 3.64. The number of benzene rings is 10. The summed E-state index contributed by atoms with van der Waals surface area (Å²) in [6, 6.07) is 74.4. The van der Waals surface area contributed by atoms with Gasteiger partial charge in [-0.05, 0) is 166 Å². The van der Waals surface area contributed by atoms with Gasteiger partial charge in [-0.15, -0.1) is 10.2 Å². The molecule has 284 valence electrons. The lowest BCUT2D eigenvalue weighted by Gasteiger charge is -2.11. The largest absolute Gasteiger partial charge is 0.265 e. The maximum atomic E-state index is 5.16. The van der Waals surface area contributed by atoms with Crippen molar-refractivity contribution >= 4 is 54.1 Å².